The number of carbonyl (C=O) groups is 2. The average molecular weight is 390 g/mol. The highest BCUT2D eigenvalue weighted by Gasteiger charge is 2.36. The number of nitrogens with one attached hydrogen (secondary N) is 2. The van der Waals surface area contributed by atoms with Gasteiger partial charge < -0.3 is 15.6 Å². The molecule has 1 fully saturated rings. The van der Waals surface area contributed by atoms with Gasteiger partial charge in [0, 0.05) is 37.2 Å². The summed E-state index contributed by atoms with van der Waals surface area (Å²) in [6.45, 7) is 3.04. The second-order valence-corrected chi connectivity index (χ2v) is 6.89. The number of carbonyl (C=O) groups excluding carboxylic acids is 2. The molecular formula is C18H20F2N6O2. The van der Waals surface area contributed by atoms with Crippen LogP contribution in [-0.4, -0.2) is 50.9 Å². The van der Waals surface area contributed by atoms with Crippen molar-refractivity contribution in [1.29, 1.82) is 0 Å². The van der Waals surface area contributed by atoms with E-state index in [4.69, 9.17) is 0 Å². The summed E-state index contributed by atoms with van der Waals surface area (Å²) in [6, 6.07) is 2.00. The third-order valence-electron chi connectivity index (χ3n) is 4.95. The van der Waals surface area contributed by atoms with Gasteiger partial charge in [0.2, 0.25) is 5.91 Å². The van der Waals surface area contributed by atoms with Gasteiger partial charge >= 0.3 is 6.03 Å². The van der Waals surface area contributed by atoms with Crippen LogP contribution in [0.4, 0.5) is 19.3 Å². The predicted molar refractivity (Wildman–Crippen MR) is 96.5 cm³/mol. The highest BCUT2D eigenvalue weighted by molar-refractivity contribution is 5.90. The number of anilines is 1. The maximum atomic E-state index is 12.8. The molecule has 28 heavy (non-hydrogen) atoms. The lowest BCUT2D eigenvalue weighted by Gasteiger charge is -2.37. The third-order valence-corrected chi connectivity index (χ3v) is 4.95. The summed E-state index contributed by atoms with van der Waals surface area (Å²) in [5.41, 5.74) is 4.44. The maximum Gasteiger partial charge on any atom is 0.326 e. The van der Waals surface area contributed by atoms with Crippen LogP contribution in [0.1, 0.15) is 31.9 Å². The molecule has 3 aliphatic rings. The second-order valence-electron chi connectivity index (χ2n) is 6.89. The highest BCUT2D eigenvalue weighted by Crippen LogP contribution is 2.31. The van der Waals surface area contributed by atoms with Crippen LogP contribution in [0.25, 0.3) is 0 Å². The van der Waals surface area contributed by atoms with Crippen molar-refractivity contribution in [1.82, 2.24) is 25.2 Å². The maximum absolute atomic E-state index is 12.8. The molecular weight excluding hydrogens is 370 g/mol. The Hall–Kier alpha value is -3.17. The number of hydrazine groups is 1. The Morgan fingerprint density at radius 1 is 1.39 bits per heavy atom. The second kappa shape index (κ2) is 7.10. The van der Waals surface area contributed by atoms with Crippen molar-refractivity contribution in [3.8, 4) is 0 Å². The molecule has 10 heteroatoms. The van der Waals surface area contributed by atoms with Crippen molar-refractivity contribution in [3.63, 3.8) is 0 Å². The van der Waals surface area contributed by atoms with E-state index >= 15 is 0 Å². The first-order chi connectivity index (χ1) is 13.4. The lowest BCUT2D eigenvalue weighted by atomic mass is 10.2. The van der Waals surface area contributed by atoms with E-state index < -0.39 is 18.2 Å². The summed E-state index contributed by atoms with van der Waals surface area (Å²) in [5.74, 6) is 0.0572. The molecule has 3 amide bonds. The van der Waals surface area contributed by atoms with Crippen LogP contribution in [0.15, 0.2) is 42.1 Å². The molecule has 0 spiro atoms. The van der Waals surface area contributed by atoms with Crippen LogP contribution in [0.5, 0.6) is 0 Å². The number of fused-ring (bicyclic) bond motifs is 1. The largest absolute Gasteiger partial charge is 0.326 e. The van der Waals surface area contributed by atoms with Gasteiger partial charge in [-0.05, 0) is 25.5 Å². The van der Waals surface area contributed by atoms with Gasteiger partial charge in [0.25, 0.3) is 6.43 Å². The number of nitrogens with zero attached hydrogens (tertiary/aromatic N) is 4. The molecule has 0 radical (unpaired) electrons. The molecule has 4 rings (SSSR count). The molecule has 0 unspecified atom stereocenters. The molecule has 0 saturated carbocycles. The van der Waals surface area contributed by atoms with Crippen molar-refractivity contribution >= 4 is 17.6 Å². The molecule has 3 aliphatic heterocycles. The minimum absolute atomic E-state index is 0.0572. The lowest BCUT2D eigenvalue weighted by Crippen LogP contribution is -2.50. The van der Waals surface area contributed by atoms with E-state index in [1.165, 1.54) is 17.2 Å². The molecule has 1 atom stereocenters. The van der Waals surface area contributed by atoms with Gasteiger partial charge in [0.05, 0.1) is 24.0 Å². The molecule has 148 valence electrons. The van der Waals surface area contributed by atoms with Crippen LogP contribution >= 0.6 is 0 Å². The number of urea groups is 1. The fourth-order valence-corrected chi connectivity index (χ4v) is 3.53. The number of alkyl halides is 2. The summed E-state index contributed by atoms with van der Waals surface area (Å²) < 4.78 is 25.6. The molecule has 1 aromatic heterocycles. The summed E-state index contributed by atoms with van der Waals surface area (Å²) in [7, 11) is 0. The van der Waals surface area contributed by atoms with Gasteiger partial charge in [0.15, 0.2) is 0 Å². The molecule has 1 saturated heterocycles. The Labute approximate surface area is 160 Å². The Morgan fingerprint density at radius 2 is 2.21 bits per heavy atom. The standard InChI is InChI=1S/C18H20F2N6O2/c1-11-9-26-15(14(8-22-26)24-6-2-3-16(24)27)10-25(11)18(28)23-12-4-5-21-13(7-12)17(19)20/h4-5,7-8,10-11,17,22H,2-3,6,9H2,1H3,(H,21,23,28)/t11-/m0/s1. The van der Waals surface area contributed by atoms with E-state index in [9.17, 15) is 18.4 Å². The molecule has 4 heterocycles. The lowest BCUT2D eigenvalue weighted by molar-refractivity contribution is -0.126. The monoisotopic (exact) mass is 390 g/mol. The fourth-order valence-electron chi connectivity index (χ4n) is 3.53. The van der Waals surface area contributed by atoms with Crippen molar-refractivity contribution < 1.29 is 18.4 Å². The van der Waals surface area contributed by atoms with E-state index in [0.717, 1.165) is 23.9 Å². The van der Waals surface area contributed by atoms with Crippen LogP contribution < -0.4 is 10.7 Å². The predicted octanol–water partition coefficient (Wildman–Crippen LogP) is 2.38. The SMILES string of the molecule is C[C@H]1CN2NC=C(N3CCCC3=O)C2=CN1C(=O)Nc1ccnc(C(F)F)c1. The van der Waals surface area contributed by atoms with E-state index in [2.05, 4.69) is 15.7 Å². The fraction of sp³-hybridized carbons (Fsp3) is 0.389. The first-order valence-corrected chi connectivity index (χ1v) is 9.04. The topological polar surface area (TPSA) is 80.8 Å². The first-order valence-electron chi connectivity index (χ1n) is 9.04. The van der Waals surface area contributed by atoms with Gasteiger partial charge in [-0.2, -0.15) is 0 Å². The van der Waals surface area contributed by atoms with E-state index in [1.54, 1.807) is 17.3 Å². The van der Waals surface area contributed by atoms with Crippen molar-refractivity contribution in [2.24, 2.45) is 0 Å². The Kier molecular flexibility index (Phi) is 4.62. The number of likely N-dealkylation sites (tertiary alicyclic amines) is 1. The summed E-state index contributed by atoms with van der Waals surface area (Å²) in [6.07, 6.45) is 3.28. The molecule has 8 nitrogen and oxygen atoms in total. The molecule has 2 N–H and O–H groups in total. The Bertz CT molecular complexity index is 871. The normalized spacial score (nSPS) is 21.5. The number of hydrogen-bond donors (Lipinski definition) is 2. The van der Waals surface area contributed by atoms with Gasteiger partial charge in [-0.15, -0.1) is 0 Å². The number of pyridine rings is 1. The quantitative estimate of drug-likeness (QED) is 0.828. The minimum Gasteiger partial charge on any atom is -0.309 e. The summed E-state index contributed by atoms with van der Waals surface area (Å²) >= 11 is 0. The first kappa shape index (κ1) is 18.2. The summed E-state index contributed by atoms with van der Waals surface area (Å²) in [4.78, 5) is 31.7. The van der Waals surface area contributed by atoms with Crippen molar-refractivity contribution in [3.05, 3.63) is 47.8 Å². The zero-order valence-electron chi connectivity index (χ0n) is 15.2. The molecule has 0 aliphatic carbocycles. The van der Waals surface area contributed by atoms with Crippen molar-refractivity contribution in [2.45, 2.75) is 32.2 Å². The van der Waals surface area contributed by atoms with E-state index in [-0.39, 0.29) is 17.6 Å². The van der Waals surface area contributed by atoms with Crippen molar-refractivity contribution in [2.75, 3.05) is 18.4 Å². The van der Waals surface area contributed by atoms with E-state index in [1.807, 2.05) is 11.9 Å². The number of aromatic nitrogens is 1. The smallest absolute Gasteiger partial charge is 0.309 e. The van der Waals surface area contributed by atoms with Crippen LogP contribution in [0, 0.1) is 0 Å². The molecule has 0 aromatic carbocycles. The molecule has 1 aromatic rings. The zero-order chi connectivity index (χ0) is 19.8. The number of rotatable bonds is 3. The van der Waals surface area contributed by atoms with Crippen LogP contribution in [0.3, 0.4) is 0 Å². The Balaban J connectivity index is 1.54. The van der Waals surface area contributed by atoms with Gasteiger partial charge in [-0.3, -0.25) is 19.7 Å². The van der Waals surface area contributed by atoms with E-state index in [0.29, 0.717) is 19.5 Å². The zero-order valence-corrected chi connectivity index (χ0v) is 15.2. The van der Waals surface area contributed by atoms with Gasteiger partial charge in [-0.25, -0.2) is 13.6 Å². The molecule has 0 bridgehead atoms. The van der Waals surface area contributed by atoms with Crippen LogP contribution in [-0.2, 0) is 4.79 Å². The number of amides is 3. The van der Waals surface area contributed by atoms with Gasteiger partial charge in [0.1, 0.15) is 5.69 Å². The average Bonchev–Trinajstić information content (AvgIpc) is 3.26. The Morgan fingerprint density at radius 3 is 2.93 bits per heavy atom. The van der Waals surface area contributed by atoms with Gasteiger partial charge in [-0.1, -0.05) is 0 Å². The highest BCUT2D eigenvalue weighted by atomic mass is 19.3. The number of halogens is 2. The summed E-state index contributed by atoms with van der Waals surface area (Å²) in [5, 5.41) is 4.53. The third kappa shape index (κ3) is 3.25. The van der Waals surface area contributed by atoms with Crippen LogP contribution in [0.2, 0.25) is 0 Å². The minimum atomic E-state index is -2.71. The number of hydrogen-bond acceptors (Lipinski definition) is 5.